The van der Waals surface area contributed by atoms with Crippen molar-refractivity contribution >= 4 is 23.5 Å². The molecule has 3 atom stereocenters. The summed E-state index contributed by atoms with van der Waals surface area (Å²) in [6, 6.07) is 10.9. The third-order valence-electron chi connectivity index (χ3n) is 5.29. The Morgan fingerprint density at radius 1 is 1.21 bits per heavy atom. The molecule has 150 valence electrons. The number of furan rings is 1. The van der Waals surface area contributed by atoms with Crippen molar-refractivity contribution in [3.8, 4) is 0 Å². The van der Waals surface area contributed by atoms with Gasteiger partial charge in [0.2, 0.25) is 5.91 Å². The summed E-state index contributed by atoms with van der Waals surface area (Å²) in [6.07, 6.45) is 0.921. The molecule has 0 aliphatic carbocycles. The van der Waals surface area contributed by atoms with Crippen molar-refractivity contribution in [2.75, 3.05) is 20.3 Å². The third kappa shape index (κ3) is 3.16. The van der Waals surface area contributed by atoms with Crippen LogP contribution >= 0.6 is 0 Å². The van der Waals surface area contributed by atoms with Gasteiger partial charge in [0.25, 0.3) is 0 Å². The number of hydrogen-bond donors (Lipinski definition) is 0. The first-order valence-corrected chi connectivity index (χ1v) is 9.13. The molecular formula is C21H20N2O6. The fraction of sp³-hybridized carbons (Fsp3) is 0.286. The van der Waals surface area contributed by atoms with Crippen molar-refractivity contribution in [2.45, 2.75) is 18.1 Å². The first kappa shape index (κ1) is 18.8. The van der Waals surface area contributed by atoms with E-state index in [2.05, 4.69) is 6.58 Å². The summed E-state index contributed by atoms with van der Waals surface area (Å²) in [4.78, 5) is 40.2. The van der Waals surface area contributed by atoms with E-state index in [4.69, 9.17) is 13.9 Å². The molecule has 2 saturated heterocycles. The van der Waals surface area contributed by atoms with Crippen molar-refractivity contribution in [3.05, 3.63) is 66.6 Å². The molecule has 4 rings (SSSR count). The smallest absolute Gasteiger partial charge is 0.411 e. The number of carbonyl (C=O) groups is 3. The van der Waals surface area contributed by atoms with E-state index in [1.165, 1.54) is 23.2 Å². The minimum absolute atomic E-state index is 0.142. The number of amides is 2. The largest absolute Gasteiger partial charge is 0.468 e. The minimum atomic E-state index is -0.850. The van der Waals surface area contributed by atoms with Crippen molar-refractivity contribution in [3.63, 3.8) is 0 Å². The van der Waals surface area contributed by atoms with E-state index >= 15 is 0 Å². The number of ether oxygens (including phenoxy) is 2. The number of likely N-dealkylation sites (tertiary alicyclic amines) is 1. The Hall–Kier alpha value is -3.55. The quantitative estimate of drug-likeness (QED) is 0.550. The van der Waals surface area contributed by atoms with Crippen molar-refractivity contribution in [1.82, 2.24) is 9.80 Å². The van der Waals surface area contributed by atoms with Crippen LogP contribution in [0.25, 0.3) is 5.57 Å². The second kappa shape index (κ2) is 7.46. The van der Waals surface area contributed by atoms with E-state index in [9.17, 15) is 14.4 Å². The summed E-state index contributed by atoms with van der Waals surface area (Å²) in [7, 11) is 1.25. The molecule has 2 aliphatic heterocycles. The van der Waals surface area contributed by atoms with Gasteiger partial charge in [-0.1, -0.05) is 36.9 Å². The zero-order chi connectivity index (χ0) is 20.5. The Bertz CT molecular complexity index is 939. The molecule has 29 heavy (non-hydrogen) atoms. The Morgan fingerprint density at radius 2 is 1.97 bits per heavy atom. The van der Waals surface area contributed by atoms with Gasteiger partial charge in [-0.15, -0.1) is 0 Å². The van der Waals surface area contributed by atoms with Gasteiger partial charge < -0.3 is 18.8 Å². The summed E-state index contributed by atoms with van der Waals surface area (Å²) in [5.41, 5.74) is 1.36. The summed E-state index contributed by atoms with van der Waals surface area (Å²) in [6.45, 7) is 3.96. The number of benzene rings is 1. The van der Waals surface area contributed by atoms with Crippen LogP contribution in [0.1, 0.15) is 17.4 Å². The maximum Gasteiger partial charge on any atom is 0.411 e. The number of hydrogen-bond acceptors (Lipinski definition) is 6. The highest BCUT2D eigenvalue weighted by molar-refractivity contribution is 5.99. The molecular weight excluding hydrogens is 376 g/mol. The van der Waals surface area contributed by atoms with E-state index in [1.807, 2.05) is 30.3 Å². The molecule has 2 aliphatic rings. The molecule has 2 fully saturated rings. The number of nitrogens with zero attached hydrogens (tertiary/aromatic N) is 2. The molecule has 0 spiro atoms. The van der Waals surface area contributed by atoms with Crippen molar-refractivity contribution in [1.29, 1.82) is 0 Å². The lowest BCUT2D eigenvalue weighted by Gasteiger charge is -2.50. The third-order valence-corrected chi connectivity index (χ3v) is 5.29. The van der Waals surface area contributed by atoms with Crippen LogP contribution in [0, 0.1) is 0 Å². The van der Waals surface area contributed by atoms with Crippen LogP contribution in [0.4, 0.5) is 4.79 Å². The summed E-state index contributed by atoms with van der Waals surface area (Å²) < 4.78 is 15.4. The van der Waals surface area contributed by atoms with Crippen LogP contribution in [-0.4, -0.2) is 60.1 Å². The van der Waals surface area contributed by atoms with E-state index < -0.39 is 30.2 Å². The first-order valence-electron chi connectivity index (χ1n) is 9.13. The average Bonchev–Trinajstić information content (AvgIpc) is 3.40. The fourth-order valence-electron chi connectivity index (χ4n) is 3.84. The molecule has 2 aromatic rings. The molecule has 1 aromatic heterocycles. The topological polar surface area (TPSA) is 89.3 Å². The predicted molar refractivity (Wildman–Crippen MR) is 101 cm³/mol. The molecule has 1 unspecified atom stereocenters. The Kier molecular flexibility index (Phi) is 4.84. The average molecular weight is 396 g/mol. The molecule has 2 amide bonds. The van der Waals surface area contributed by atoms with Gasteiger partial charge in [-0.2, -0.15) is 0 Å². The lowest BCUT2D eigenvalue weighted by molar-refractivity contribution is -0.161. The molecule has 1 aromatic carbocycles. The number of carbonyl (C=O) groups excluding carboxylic acids is 3. The van der Waals surface area contributed by atoms with Crippen molar-refractivity contribution in [2.24, 2.45) is 0 Å². The van der Waals surface area contributed by atoms with E-state index in [0.717, 1.165) is 5.56 Å². The summed E-state index contributed by atoms with van der Waals surface area (Å²) in [5.74, 6) is -0.447. The van der Waals surface area contributed by atoms with E-state index in [0.29, 0.717) is 11.3 Å². The number of rotatable bonds is 6. The summed E-state index contributed by atoms with van der Waals surface area (Å²) >= 11 is 0. The highest BCUT2D eigenvalue weighted by Gasteiger charge is 2.57. The Morgan fingerprint density at radius 3 is 2.62 bits per heavy atom. The van der Waals surface area contributed by atoms with Crippen LogP contribution < -0.4 is 0 Å². The molecule has 8 heteroatoms. The number of β-lactam (4-membered cyclic amide) rings is 1. The zero-order valence-electron chi connectivity index (χ0n) is 15.8. The van der Waals surface area contributed by atoms with Crippen LogP contribution in [0.15, 0.2) is 59.7 Å². The Labute approximate surface area is 167 Å². The number of methoxy groups -OCH3 is 1. The fourth-order valence-corrected chi connectivity index (χ4v) is 3.84. The highest BCUT2D eigenvalue weighted by Crippen LogP contribution is 2.40. The van der Waals surface area contributed by atoms with Gasteiger partial charge in [0.15, 0.2) is 0 Å². The molecule has 3 heterocycles. The number of esters is 1. The summed E-state index contributed by atoms with van der Waals surface area (Å²) in [5, 5.41) is 0. The van der Waals surface area contributed by atoms with Crippen LogP contribution in [0.5, 0.6) is 0 Å². The van der Waals surface area contributed by atoms with Crippen LogP contribution in [-0.2, 0) is 19.1 Å². The zero-order valence-corrected chi connectivity index (χ0v) is 15.8. The first-order chi connectivity index (χ1) is 14.0. The van der Waals surface area contributed by atoms with Gasteiger partial charge in [-0.05, 0) is 17.7 Å². The van der Waals surface area contributed by atoms with E-state index in [-0.39, 0.29) is 19.1 Å². The van der Waals surface area contributed by atoms with Gasteiger partial charge in [-0.25, -0.2) is 4.79 Å². The van der Waals surface area contributed by atoms with E-state index in [1.54, 1.807) is 12.1 Å². The minimum Gasteiger partial charge on any atom is -0.468 e. The van der Waals surface area contributed by atoms with Crippen molar-refractivity contribution < 1.29 is 28.3 Å². The standard InChI is InChI=1S/C21H20N2O6/c1-13(16-9-6-10-28-16)18-19(20(25)22(18)11-17(24)27-2)23-15(12-29-21(23)26)14-7-4-3-5-8-14/h3-10,15,18-19H,1,11-12H2,2H3/t15?,18-,19+/m0/s1. The van der Waals surface area contributed by atoms with Gasteiger partial charge in [-0.3, -0.25) is 14.5 Å². The molecule has 0 saturated carbocycles. The second-order valence-corrected chi connectivity index (χ2v) is 6.85. The number of cyclic esters (lactones) is 1. The van der Waals surface area contributed by atoms with Gasteiger partial charge in [0.05, 0.1) is 25.5 Å². The van der Waals surface area contributed by atoms with Crippen LogP contribution in [0.3, 0.4) is 0 Å². The second-order valence-electron chi connectivity index (χ2n) is 6.85. The lowest BCUT2D eigenvalue weighted by Crippen LogP contribution is -2.71. The highest BCUT2D eigenvalue weighted by atomic mass is 16.6. The molecule has 0 radical (unpaired) electrons. The normalized spacial score (nSPS) is 23.6. The lowest BCUT2D eigenvalue weighted by atomic mass is 9.85. The SMILES string of the molecule is C=C(c1ccco1)[C@H]1[C@@H](N2C(=O)OCC2c2ccccc2)C(=O)N1CC(=O)OC. The van der Waals surface area contributed by atoms with Gasteiger partial charge in [0.1, 0.15) is 25.0 Å². The van der Waals surface area contributed by atoms with Crippen LogP contribution in [0.2, 0.25) is 0 Å². The monoisotopic (exact) mass is 396 g/mol. The van der Waals surface area contributed by atoms with Gasteiger partial charge >= 0.3 is 12.1 Å². The molecule has 0 N–H and O–H groups in total. The molecule has 0 bridgehead atoms. The molecule has 8 nitrogen and oxygen atoms in total. The Balaban J connectivity index is 1.68. The maximum atomic E-state index is 13.0. The van der Waals surface area contributed by atoms with Gasteiger partial charge in [0, 0.05) is 5.57 Å². The predicted octanol–water partition coefficient (Wildman–Crippen LogP) is 2.24. The maximum absolute atomic E-state index is 13.0.